The lowest BCUT2D eigenvalue weighted by atomic mass is 10.0. The molecule has 0 saturated heterocycles. The highest BCUT2D eigenvalue weighted by Crippen LogP contribution is 2.24. The lowest BCUT2D eigenvalue weighted by Crippen LogP contribution is -2.53. The predicted molar refractivity (Wildman–Crippen MR) is 140 cm³/mol. The van der Waals surface area contributed by atoms with Gasteiger partial charge in [0.15, 0.2) is 0 Å². The zero-order chi connectivity index (χ0) is 27.0. The van der Waals surface area contributed by atoms with E-state index >= 15 is 0 Å². The summed E-state index contributed by atoms with van der Waals surface area (Å²) in [6, 6.07) is 20.3. The van der Waals surface area contributed by atoms with Gasteiger partial charge in [-0.05, 0) is 23.8 Å². The molecule has 3 aromatic rings. The monoisotopic (exact) mass is 527 g/mol. The average Bonchev–Trinajstić information content (AvgIpc) is 2.89. The second-order valence-electron chi connectivity index (χ2n) is 8.40. The lowest BCUT2D eigenvalue weighted by molar-refractivity contribution is -0.139. The van der Waals surface area contributed by atoms with E-state index in [0.717, 1.165) is 16.1 Å². The van der Waals surface area contributed by atoms with Crippen molar-refractivity contribution < 1.29 is 27.1 Å². The van der Waals surface area contributed by atoms with Crippen molar-refractivity contribution in [1.29, 1.82) is 0 Å². The van der Waals surface area contributed by atoms with Gasteiger partial charge in [0, 0.05) is 31.6 Å². The number of likely N-dealkylation sites (N-methyl/N-ethyl adjacent to an activating group) is 1. The van der Waals surface area contributed by atoms with Gasteiger partial charge in [0.25, 0.3) is 0 Å². The number of anilines is 1. The van der Waals surface area contributed by atoms with Crippen LogP contribution in [-0.4, -0.2) is 58.1 Å². The summed E-state index contributed by atoms with van der Waals surface area (Å²) in [5, 5.41) is 2.58. The van der Waals surface area contributed by atoms with Crippen LogP contribution in [0.15, 0.2) is 78.9 Å². The molecule has 3 aromatic carbocycles. The van der Waals surface area contributed by atoms with E-state index < -0.39 is 40.2 Å². The summed E-state index contributed by atoms with van der Waals surface area (Å²) in [5.74, 6) is -1.25. The number of nitrogens with one attached hydrogen (secondary N) is 1. The molecule has 8 nitrogen and oxygen atoms in total. The largest absolute Gasteiger partial charge is 0.497 e. The summed E-state index contributed by atoms with van der Waals surface area (Å²) in [7, 11) is -1.01. The molecular weight excluding hydrogens is 497 g/mol. The Balaban J connectivity index is 2.04. The highest BCUT2D eigenvalue weighted by molar-refractivity contribution is 7.92. The molecule has 1 atom stereocenters. The van der Waals surface area contributed by atoms with Gasteiger partial charge in [-0.3, -0.25) is 13.9 Å². The quantitative estimate of drug-likeness (QED) is 0.414. The fraction of sp³-hybridized carbons (Fsp3) is 0.259. The van der Waals surface area contributed by atoms with Crippen LogP contribution in [0.3, 0.4) is 0 Å². The highest BCUT2D eigenvalue weighted by atomic mass is 32.2. The third-order valence-corrected chi connectivity index (χ3v) is 6.98. The molecule has 0 spiro atoms. The lowest BCUT2D eigenvalue weighted by Gasteiger charge is -2.33. The number of amides is 2. The summed E-state index contributed by atoms with van der Waals surface area (Å²) in [5.41, 5.74) is 1.21. The van der Waals surface area contributed by atoms with Gasteiger partial charge in [-0.15, -0.1) is 0 Å². The molecule has 0 aromatic heterocycles. The van der Waals surface area contributed by atoms with E-state index in [4.69, 9.17) is 4.74 Å². The van der Waals surface area contributed by atoms with Crippen molar-refractivity contribution in [2.24, 2.45) is 0 Å². The van der Waals surface area contributed by atoms with Gasteiger partial charge in [0.1, 0.15) is 24.2 Å². The second kappa shape index (κ2) is 12.4. The maximum absolute atomic E-state index is 14.6. The fourth-order valence-electron chi connectivity index (χ4n) is 3.91. The average molecular weight is 528 g/mol. The predicted octanol–water partition coefficient (Wildman–Crippen LogP) is 2.99. The highest BCUT2D eigenvalue weighted by Gasteiger charge is 2.33. The van der Waals surface area contributed by atoms with Crippen molar-refractivity contribution in [3.63, 3.8) is 0 Å². The number of hydrogen-bond donors (Lipinski definition) is 1. The normalized spacial score (nSPS) is 11.9. The molecule has 0 aliphatic rings. The Morgan fingerprint density at radius 1 is 1.00 bits per heavy atom. The van der Waals surface area contributed by atoms with Crippen molar-refractivity contribution in [1.82, 2.24) is 10.2 Å². The molecule has 0 aliphatic carbocycles. The number of halogens is 1. The van der Waals surface area contributed by atoms with Crippen LogP contribution in [0, 0.1) is 5.82 Å². The summed E-state index contributed by atoms with van der Waals surface area (Å²) >= 11 is 0. The zero-order valence-electron chi connectivity index (χ0n) is 20.9. The molecule has 1 N–H and O–H groups in total. The molecule has 0 bridgehead atoms. The maximum atomic E-state index is 14.6. The van der Waals surface area contributed by atoms with Gasteiger partial charge in [-0.1, -0.05) is 54.6 Å². The molecule has 37 heavy (non-hydrogen) atoms. The molecule has 0 radical (unpaired) electrons. The van der Waals surface area contributed by atoms with E-state index in [9.17, 15) is 22.4 Å². The minimum absolute atomic E-state index is 0.152. The van der Waals surface area contributed by atoms with Crippen LogP contribution in [-0.2, 0) is 32.6 Å². The molecular formula is C27H30FN3O5S. The van der Waals surface area contributed by atoms with Gasteiger partial charge < -0.3 is 15.0 Å². The number of carbonyl (C=O) groups is 2. The third kappa shape index (κ3) is 7.29. The molecule has 0 aliphatic heterocycles. The van der Waals surface area contributed by atoms with E-state index in [1.807, 2.05) is 30.3 Å². The number of rotatable bonds is 11. The Kier molecular flexibility index (Phi) is 9.24. The number of sulfonamides is 1. The number of benzene rings is 3. The van der Waals surface area contributed by atoms with Crippen LogP contribution in [0.4, 0.5) is 10.1 Å². The summed E-state index contributed by atoms with van der Waals surface area (Å²) in [6.45, 7) is -0.825. The summed E-state index contributed by atoms with van der Waals surface area (Å²) in [4.78, 5) is 28.0. The van der Waals surface area contributed by atoms with Gasteiger partial charge in [0.05, 0.1) is 19.1 Å². The first kappa shape index (κ1) is 27.7. The van der Waals surface area contributed by atoms with Gasteiger partial charge in [-0.25, -0.2) is 12.8 Å². The van der Waals surface area contributed by atoms with E-state index in [2.05, 4.69) is 5.32 Å². The van der Waals surface area contributed by atoms with Crippen molar-refractivity contribution in [3.8, 4) is 5.75 Å². The molecule has 0 fully saturated rings. The SMILES string of the molecule is CNC(=O)[C@H](Cc1ccccc1)N(Cc1ccccc1F)C(=O)CN(c1cccc(OC)c1)S(C)(=O)=O. The van der Waals surface area contributed by atoms with Crippen LogP contribution >= 0.6 is 0 Å². The van der Waals surface area contributed by atoms with Crippen LogP contribution in [0.25, 0.3) is 0 Å². The third-order valence-electron chi connectivity index (χ3n) is 5.84. The number of nitrogens with zero attached hydrogens (tertiary/aromatic N) is 2. The standard InChI is InChI=1S/C27H30FN3O5S/c1-29-27(33)25(16-20-10-5-4-6-11-20)30(18-21-12-7-8-15-24(21)28)26(32)19-31(37(3,34)35)22-13-9-14-23(17-22)36-2/h4-15,17,25H,16,18-19H2,1-3H3,(H,29,33)/t25-/m0/s1. The summed E-state index contributed by atoms with van der Waals surface area (Å²) < 4.78 is 46.2. The van der Waals surface area contributed by atoms with E-state index in [1.54, 1.807) is 18.2 Å². The molecule has 2 amide bonds. The van der Waals surface area contributed by atoms with Crippen LogP contribution in [0.5, 0.6) is 5.75 Å². The van der Waals surface area contributed by atoms with Crippen LogP contribution in [0.1, 0.15) is 11.1 Å². The number of carbonyl (C=O) groups excluding carboxylic acids is 2. The minimum Gasteiger partial charge on any atom is -0.497 e. The second-order valence-corrected chi connectivity index (χ2v) is 10.3. The minimum atomic E-state index is -3.91. The molecule has 0 heterocycles. The number of methoxy groups -OCH3 is 1. The van der Waals surface area contributed by atoms with E-state index in [1.165, 1.54) is 49.4 Å². The van der Waals surface area contributed by atoms with E-state index in [0.29, 0.717) is 5.75 Å². The summed E-state index contributed by atoms with van der Waals surface area (Å²) in [6.07, 6.45) is 1.14. The first-order valence-electron chi connectivity index (χ1n) is 11.5. The smallest absolute Gasteiger partial charge is 0.244 e. The Hall–Kier alpha value is -3.92. The molecule has 0 saturated carbocycles. The zero-order valence-corrected chi connectivity index (χ0v) is 21.7. The molecule has 0 unspecified atom stereocenters. The van der Waals surface area contributed by atoms with E-state index in [-0.39, 0.29) is 24.2 Å². The fourth-order valence-corrected chi connectivity index (χ4v) is 4.75. The molecule has 10 heteroatoms. The molecule has 196 valence electrons. The van der Waals surface area contributed by atoms with Crippen molar-refractivity contribution in [2.75, 3.05) is 31.3 Å². The Morgan fingerprint density at radius 3 is 2.30 bits per heavy atom. The first-order valence-corrected chi connectivity index (χ1v) is 13.4. The van der Waals surface area contributed by atoms with Crippen molar-refractivity contribution >= 4 is 27.5 Å². The number of ether oxygens (including phenoxy) is 1. The Bertz CT molecular complexity index is 1330. The van der Waals surface area contributed by atoms with Gasteiger partial charge in [0.2, 0.25) is 21.8 Å². The Labute approximate surface area is 216 Å². The van der Waals surface area contributed by atoms with Crippen molar-refractivity contribution in [3.05, 3.63) is 95.8 Å². The van der Waals surface area contributed by atoms with Crippen molar-refractivity contribution in [2.45, 2.75) is 19.0 Å². The Morgan fingerprint density at radius 2 is 1.68 bits per heavy atom. The number of hydrogen-bond acceptors (Lipinski definition) is 5. The topological polar surface area (TPSA) is 96.0 Å². The van der Waals surface area contributed by atoms with Gasteiger partial charge in [-0.2, -0.15) is 0 Å². The maximum Gasteiger partial charge on any atom is 0.244 e. The van der Waals surface area contributed by atoms with Crippen LogP contribution < -0.4 is 14.4 Å². The van der Waals surface area contributed by atoms with Crippen LogP contribution in [0.2, 0.25) is 0 Å². The van der Waals surface area contributed by atoms with Gasteiger partial charge >= 0.3 is 0 Å². The molecule has 3 rings (SSSR count). The first-order chi connectivity index (χ1) is 17.6.